The van der Waals surface area contributed by atoms with E-state index >= 15 is 0 Å². The van der Waals surface area contributed by atoms with Crippen LogP contribution in [0.25, 0.3) is 0 Å². The highest BCUT2D eigenvalue weighted by Gasteiger charge is 2.32. The van der Waals surface area contributed by atoms with Gasteiger partial charge in [-0.3, -0.25) is 14.2 Å². The van der Waals surface area contributed by atoms with Gasteiger partial charge in [-0.1, -0.05) is 57.2 Å². The van der Waals surface area contributed by atoms with Crippen LogP contribution in [0, 0.1) is 5.92 Å². The minimum absolute atomic E-state index is 0.0741. The van der Waals surface area contributed by atoms with Crippen LogP contribution in [0.15, 0.2) is 53.4 Å². The van der Waals surface area contributed by atoms with E-state index in [9.17, 15) is 18.0 Å². The first-order valence-corrected chi connectivity index (χ1v) is 14.3. The van der Waals surface area contributed by atoms with E-state index in [1.54, 1.807) is 18.2 Å². The zero-order valence-corrected chi connectivity index (χ0v) is 23.0. The van der Waals surface area contributed by atoms with Crippen molar-refractivity contribution >= 4 is 22.1 Å². The van der Waals surface area contributed by atoms with E-state index < -0.39 is 22.1 Å². The van der Waals surface area contributed by atoms with Crippen LogP contribution in [-0.4, -0.2) is 69.3 Å². The van der Waals surface area contributed by atoms with Crippen molar-refractivity contribution in [2.24, 2.45) is 5.92 Å². The van der Waals surface area contributed by atoms with Gasteiger partial charge in [0.25, 0.3) is 10.1 Å². The Morgan fingerprint density at radius 2 is 1.61 bits per heavy atom. The maximum absolute atomic E-state index is 12.4. The van der Waals surface area contributed by atoms with E-state index in [1.807, 2.05) is 23.1 Å². The molecule has 1 N–H and O–H groups in total. The fourth-order valence-electron chi connectivity index (χ4n) is 4.22. The van der Waals surface area contributed by atoms with Gasteiger partial charge in [0, 0.05) is 13.1 Å². The van der Waals surface area contributed by atoms with Crippen LogP contribution in [-0.2, 0) is 29.2 Å². The molecule has 208 valence electrons. The minimum atomic E-state index is -4.00. The highest BCUT2D eigenvalue weighted by Crippen LogP contribution is 2.46. The van der Waals surface area contributed by atoms with Crippen molar-refractivity contribution in [3.05, 3.63) is 59.7 Å². The predicted octanol–water partition coefficient (Wildman–Crippen LogP) is 4.04. The number of hydrogen-bond donors (Lipinski definition) is 1. The quantitative estimate of drug-likeness (QED) is 0.282. The third kappa shape index (κ3) is 9.20. The summed E-state index contributed by atoms with van der Waals surface area (Å²) in [6, 6.07) is 13.5. The fourth-order valence-corrected chi connectivity index (χ4v) is 4.72. The normalized spacial score (nSPS) is 16.8. The number of nitrogens with zero attached hydrogens (tertiary/aromatic N) is 1. The SMILES string of the molecule is CC(C)c1cccc([C@H](C)C2CC2)c1OC(=O)COC(=O)CN1CCOCC1.O=S(=O)(O)c1ccccc1. The molecule has 1 saturated carbocycles. The van der Waals surface area contributed by atoms with Gasteiger partial charge in [-0.2, -0.15) is 8.42 Å². The summed E-state index contributed by atoms with van der Waals surface area (Å²) in [7, 11) is -4.00. The Balaban J connectivity index is 0.000000336. The zero-order chi connectivity index (χ0) is 27.7. The monoisotopic (exact) mass is 547 g/mol. The van der Waals surface area contributed by atoms with Crippen LogP contribution in [0.1, 0.15) is 56.6 Å². The van der Waals surface area contributed by atoms with Gasteiger partial charge in [0.05, 0.1) is 24.7 Å². The molecule has 1 aliphatic carbocycles. The lowest BCUT2D eigenvalue weighted by Gasteiger charge is -2.25. The Hall–Kier alpha value is -2.79. The van der Waals surface area contributed by atoms with Crippen molar-refractivity contribution in [3.8, 4) is 5.75 Å². The number of morpholine rings is 1. The molecule has 1 atom stereocenters. The molecular formula is C28H37NO8S. The first kappa shape index (κ1) is 29.8. The van der Waals surface area contributed by atoms with Gasteiger partial charge < -0.3 is 14.2 Å². The number of carbonyl (C=O) groups excluding carboxylic acids is 2. The molecule has 38 heavy (non-hydrogen) atoms. The average Bonchev–Trinajstić information content (AvgIpc) is 3.74. The van der Waals surface area contributed by atoms with Crippen LogP contribution < -0.4 is 4.74 Å². The topological polar surface area (TPSA) is 119 Å². The molecule has 2 aromatic carbocycles. The summed E-state index contributed by atoms with van der Waals surface area (Å²) in [5.74, 6) is 0.941. The number of para-hydroxylation sites is 1. The van der Waals surface area contributed by atoms with E-state index in [0.717, 1.165) is 11.1 Å². The van der Waals surface area contributed by atoms with Crippen molar-refractivity contribution in [2.75, 3.05) is 39.5 Å². The predicted molar refractivity (Wildman–Crippen MR) is 142 cm³/mol. The lowest BCUT2D eigenvalue weighted by atomic mass is 9.90. The van der Waals surface area contributed by atoms with E-state index in [1.165, 1.54) is 25.0 Å². The van der Waals surface area contributed by atoms with Crippen molar-refractivity contribution in [2.45, 2.75) is 50.3 Å². The molecule has 0 aromatic heterocycles. The van der Waals surface area contributed by atoms with Gasteiger partial charge in [0.2, 0.25) is 0 Å². The van der Waals surface area contributed by atoms with Crippen LogP contribution in [0.4, 0.5) is 0 Å². The maximum Gasteiger partial charge on any atom is 0.349 e. The maximum atomic E-state index is 12.4. The molecule has 0 amide bonds. The summed E-state index contributed by atoms with van der Waals surface area (Å²) in [5.41, 5.74) is 2.08. The summed E-state index contributed by atoms with van der Waals surface area (Å²) >= 11 is 0. The fraction of sp³-hybridized carbons (Fsp3) is 0.500. The number of carbonyl (C=O) groups is 2. The molecule has 2 aromatic rings. The van der Waals surface area contributed by atoms with Gasteiger partial charge >= 0.3 is 11.9 Å². The third-order valence-corrected chi connectivity index (χ3v) is 7.45. The first-order chi connectivity index (χ1) is 18.1. The Kier molecular flexibility index (Phi) is 10.8. The Labute approximate surface area is 224 Å². The largest absolute Gasteiger partial charge is 0.453 e. The lowest BCUT2D eigenvalue weighted by Crippen LogP contribution is -2.40. The van der Waals surface area contributed by atoms with Crippen molar-refractivity contribution < 1.29 is 36.8 Å². The summed E-state index contributed by atoms with van der Waals surface area (Å²) < 4.78 is 45.4. The Bertz CT molecular complexity index is 1170. The molecule has 10 heteroatoms. The molecule has 2 aliphatic rings. The highest BCUT2D eigenvalue weighted by atomic mass is 32.2. The van der Waals surface area contributed by atoms with Crippen molar-refractivity contribution in [3.63, 3.8) is 0 Å². The van der Waals surface area contributed by atoms with Gasteiger partial charge in [-0.15, -0.1) is 0 Å². The Morgan fingerprint density at radius 1 is 0.974 bits per heavy atom. The number of rotatable bonds is 9. The van der Waals surface area contributed by atoms with Gasteiger partial charge in [0.1, 0.15) is 5.75 Å². The molecule has 0 bridgehead atoms. The molecule has 0 spiro atoms. The minimum Gasteiger partial charge on any atom is -0.453 e. The van der Waals surface area contributed by atoms with E-state index in [4.69, 9.17) is 18.8 Å². The zero-order valence-electron chi connectivity index (χ0n) is 22.2. The van der Waals surface area contributed by atoms with Crippen LogP contribution >= 0.6 is 0 Å². The lowest BCUT2D eigenvalue weighted by molar-refractivity contribution is -0.155. The number of ether oxygens (including phenoxy) is 3. The third-order valence-electron chi connectivity index (χ3n) is 6.58. The summed E-state index contributed by atoms with van der Waals surface area (Å²) in [4.78, 5) is 26.3. The second-order valence-electron chi connectivity index (χ2n) is 9.86. The van der Waals surface area contributed by atoms with E-state index in [2.05, 4.69) is 20.8 Å². The Morgan fingerprint density at radius 3 is 2.16 bits per heavy atom. The number of benzene rings is 2. The van der Waals surface area contributed by atoms with Gasteiger partial charge in [0.15, 0.2) is 6.61 Å². The van der Waals surface area contributed by atoms with Crippen LogP contribution in [0.5, 0.6) is 5.75 Å². The molecule has 2 fully saturated rings. The first-order valence-electron chi connectivity index (χ1n) is 12.9. The molecule has 0 unspecified atom stereocenters. The summed E-state index contributed by atoms with van der Waals surface area (Å²) in [6.07, 6.45) is 2.44. The summed E-state index contributed by atoms with van der Waals surface area (Å²) in [5, 5.41) is 0. The molecule has 4 rings (SSSR count). The smallest absolute Gasteiger partial charge is 0.349 e. The van der Waals surface area contributed by atoms with E-state index in [0.29, 0.717) is 43.9 Å². The number of esters is 2. The molecule has 1 saturated heterocycles. The van der Waals surface area contributed by atoms with Gasteiger partial charge in [-0.25, -0.2) is 4.79 Å². The number of hydrogen-bond acceptors (Lipinski definition) is 8. The average molecular weight is 548 g/mol. The van der Waals surface area contributed by atoms with Crippen LogP contribution in [0.3, 0.4) is 0 Å². The second kappa shape index (κ2) is 13.8. The summed E-state index contributed by atoms with van der Waals surface area (Å²) in [6.45, 7) is 8.79. The molecule has 9 nitrogen and oxygen atoms in total. The van der Waals surface area contributed by atoms with Crippen LogP contribution in [0.2, 0.25) is 0 Å². The second-order valence-corrected chi connectivity index (χ2v) is 11.3. The standard InChI is InChI=1S/C22H31NO5.C6H6O3S/c1-15(2)18-5-4-6-19(16(3)17-7-8-17)22(18)28-21(25)14-27-20(24)13-23-9-11-26-12-10-23;7-10(8,9)6-4-2-1-3-5-6/h4-6,15-17H,7-14H2,1-3H3;1-5H,(H,7,8,9)/t16-;/m1./s1. The van der Waals surface area contributed by atoms with Gasteiger partial charge in [-0.05, 0) is 53.9 Å². The van der Waals surface area contributed by atoms with E-state index in [-0.39, 0.29) is 24.0 Å². The van der Waals surface area contributed by atoms with Crippen molar-refractivity contribution in [1.29, 1.82) is 0 Å². The molecule has 1 heterocycles. The molecule has 0 radical (unpaired) electrons. The highest BCUT2D eigenvalue weighted by molar-refractivity contribution is 7.85. The molecular weight excluding hydrogens is 510 g/mol. The molecule has 1 aliphatic heterocycles. The van der Waals surface area contributed by atoms with Crippen molar-refractivity contribution in [1.82, 2.24) is 4.90 Å².